The van der Waals surface area contributed by atoms with Crippen LogP contribution in [0.4, 0.5) is 0 Å². The van der Waals surface area contributed by atoms with Crippen molar-refractivity contribution in [2.45, 2.75) is 0 Å². The molecule has 0 saturated carbocycles. The van der Waals surface area contributed by atoms with Gasteiger partial charge in [0.1, 0.15) is 0 Å². The van der Waals surface area contributed by atoms with Gasteiger partial charge in [-0.2, -0.15) is 5.10 Å². The first-order valence-electron chi connectivity index (χ1n) is 8.03. The molecule has 0 aliphatic rings. The normalized spacial score (nSPS) is 11.0. The van der Waals surface area contributed by atoms with Crippen LogP contribution in [0.25, 0.3) is 17.2 Å². The Hall–Kier alpha value is -3.46. The summed E-state index contributed by atoms with van der Waals surface area (Å²) < 4.78 is 0. The molecule has 0 saturated heterocycles. The first-order valence-corrected chi connectivity index (χ1v) is 8.03. The molecule has 3 aromatic carbocycles. The summed E-state index contributed by atoms with van der Waals surface area (Å²) in [5.41, 5.74) is 6.38. The van der Waals surface area contributed by atoms with Crippen LogP contribution < -0.4 is 5.43 Å². The molecular weight excluding hydrogens is 308 g/mol. The molecule has 0 bridgehead atoms. The minimum absolute atomic E-state index is 0.232. The molecule has 1 amide bonds. The highest BCUT2D eigenvalue weighted by Gasteiger charge is 2.04. The first kappa shape index (κ1) is 16.4. The van der Waals surface area contributed by atoms with Gasteiger partial charge in [-0.25, -0.2) is 5.43 Å². The summed E-state index contributed by atoms with van der Waals surface area (Å²) in [5, 5.41) is 3.93. The minimum atomic E-state index is -0.232. The molecule has 0 aromatic heterocycles. The van der Waals surface area contributed by atoms with Gasteiger partial charge in [0.05, 0.1) is 0 Å². The lowest BCUT2D eigenvalue weighted by molar-refractivity contribution is 0.0955. The molecule has 1 N–H and O–H groups in total. The molecule has 0 fully saturated rings. The second kappa shape index (κ2) is 8.41. The molecule has 3 aromatic rings. The summed E-state index contributed by atoms with van der Waals surface area (Å²) in [6.07, 6.45) is 5.27. The molecule has 0 heterocycles. The predicted octanol–water partition coefficient (Wildman–Crippen LogP) is 4.78. The second-order valence-electron chi connectivity index (χ2n) is 5.43. The van der Waals surface area contributed by atoms with E-state index in [1.807, 2.05) is 78.9 Å². The van der Waals surface area contributed by atoms with E-state index in [1.54, 1.807) is 24.4 Å². The van der Waals surface area contributed by atoms with Crippen molar-refractivity contribution in [3.05, 3.63) is 102 Å². The van der Waals surface area contributed by atoms with E-state index in [-0.39, 0.29) is 5.91 Å². The van der Waals surface area contributed by atoms with Gasteiger partial charge in [0.15, 0.2) is 0 Å². The Kier molecular flexibility index (Phi) is 5.52. The predicted molar refractivity (Wildman–Crippen MR) is 103 cm³/mol. The third-order valence-corrected chi connectivity index (χ3v) is 3.67. The number of amides is 1. The van der Waals surface area contributed by atoms with Gasteiger partial charge in [-0.1, -0.05) is 78.9 Å². The van der Waals surface area contributed by atoms with E-state index >= 15 is 0 Å². The average molecular weight is 326 g/mol. The molecule has 0 radical (unpaired) electrons. The lowest BCUT2D eigenvalue weighted by atomic mass is 10.0. The summed E-state index contributed by atoms with van der Waals surface area (Å²) in [4.78, 5) is 12.1. The number of hydrazone groups is 1. The lowest BCUT2D eigenvalue weighted by Crippen LogP contribution is -2.17. The Morgan fingerprint density at radius 1 is 0.760 bits per heavy atom. The van der Waals surface area contributed by atoms with Crippen molar-refractivity contribution < 1.29 is 4.79 Å². The lowest BCUT2D eigenvalue weighted by Gasteiger charge is -2.03. The molecule has 25 heavy (non-hydrogen) atoms. The Labute approximate surface area is 147 Å². The highest BCUT2D eigenvalue weighted by molar-refractivity contribution is 5.95. The maximum absolute atomic E-state index is 12.1. The van der Waals surface area contributed by atoms with E-state index in [1.165, 1.54) is 0 Å². The number of allylic oxidation sites excluding steroid dienone is 1. The standard InChI is InChI=1S/C22H18N2O/c25-22(24-23-17-7-10-18-8-3-1-4-9-18)21-15-13-20(14-16-21)19-11-5-2-6-12-19/h1-17H,(H,24,25). The molecule has 0 unspecified atom stereocenters. The molecule has 122 valence electrons. The summed E-state index contributed by atoms with van der Waals surface area (Å²) in [5.74, 6) is -0.232. The average Bonchev–Trinajstić information content (AvgIpc) is 2.69. The highest BCUT2D eigenvalue weighted by Crippen LogP contribution is 2.19. The van der Waals surface area contributed by atoms with Crippen molar-refractivity contribution in [1.82, 2.24) is 5.43 Å². The Morgan fingerprint density at radius 2 is 1.36 bits per heavy atom. The van der Waals surface area contributed by atoms with E-state index in [2.05, 4.69) is 10.5 Å². The number of hydrogen-bond donors (Lipinski definition) is 1. The molecule has 0 aliphatic carbocycles. The van der Waals surface area contributed by atoms with Gasteiger partial charge in [-0.15, -0.1) is 0 Å². The zero-order chi connectivity index (χ0) is 17.3. The SMILES string of the molecule is O=C(NN=CC=Cc1ccccc1)c1ccc(-c2ccccc2)cc1. The first-order chi connectivity index (χ1) is 12.3. The summed E-state index contributed by atoms with van der Waals surface area (Å²) in [6.45, 7) is 0. The number of rotatable bonds is 5. The molecule has 3 heteroatoms. The van der Waals surface area contributed by atoms with Crippen LogP contribution in [0.5, 0.6) is 0 Å². The van der Waals surface area contributed by atoms with Crippen molar-refractivity contribution in [3.63, 3.8) is 0 Å². The Bertz CT molecular complexity index is 867. The maximum Gasteiger partial charge on any atom is 0.271 e. The van der Waals surface area contributed by atoms with E-state index in [4.69, 9.17) is 0 Å². The smallest absolute Gasteiger partial charge is 0.267 e. The van der Waals surface area contributed by atoms with Crippen LogP contribution in [-0.2, 0) is 0 Å². The fourth-order valence-corrected chi connectivity index (χ4v) is 2.37. The number of benzene rings is 3. The summed E-state index contributed by atoms with van der Waals surface area (Å²) in [7, 11) is 0. The summed E-state index contributed by atoms with van der Waals surface area (Å²) in [6, 6.07) is 27.4. The van der Waals surface area contributed by atoms with Gasteiger partial charge in [-0.05, 0) is 34.9 Å². The van der Waals surface area contributed by atoms with Crippen LogP contribution in [0.1, 0.15) is 15.9 Å². The van der Waals surface area contributed by atoms with Crippen molar-refractivity contribution in [1.29, 1.82) is 0 Å². The fourth-order valence-electron chi connectivity index (χ4n) is 2.37. The quantitative estimate of drug-likeness (QED) is 0.532. The molecule has 0 spiro atoms. The zero-order valence-corrected chi connectivity index (χ0v) is 13.7. The molecule has 3 nitrogen and oxygen atoms in total. The number of hydrogen-bond acceptors (Lipinski definition) is 2. The van der Waals surface area contributed by atoms with Crippen LogP contribution in [0.2, 0.25) is 0 Å². The van der Waals surface area contributed by atoms with Crippen LogP contribution in [-0.4, -0.2) is 12.1 Å². The minimum Gasteiger partial charge on any atom is -0.267 e. The maximum atomic E-state index is 12.1. The second-order valence-corrected chi connectivity index (χ2v) is 5.43. The largest absolute Gasteiger partial charge is 0.271 e. The van der Waals surface area contributed by atoms with Crippen LogP contribution in [0, 0.1) is 0 Å². The van der Waals surface area contributed by atoms with Gasteiger partial charge in [-0.3, -0.25) is 4.79 Å². The molecule has 0 aliphatic heterocycles. The number of carbonyl (C=O) groups is 1. The molecular formula is C22H18N2O. The Morgan fingerprint density at radius 3 is 2.04 bits per heavy atom. The van der Waals surface area contributed by atoms with Crippen molar-refractivity contribution >= 4 is 18.2 Å². The van der Waals surface area contributed by atoms with Crippen molar-refractivity contribution in [3.8, 4) is 11.1 Å². The van der Waals surface area contributed by atoms with Crippen LogP contribution in [0.15, 0.2) is 96.1 Å². The monoisotopic (exact) mass is 326 g/mol. The molecule has 0 atom stereocenters. The van der Waals surface area contributed by atoms with Gasteiger partial charge in [0.25, 0.3) is 5.91 Å². The van der Waals surface area contributed by atoms with Crippen LogP contribution >= 0.6 is 0 Å². The highest BCUT2D eigenvalue weighted by atomic mass is 16.2. The van der Waals surface area contributed by atoms with Crippen molar-refractivity contribution in [2.75, 3.05) is 0 Å². The van der Waals surface area contributed by atoms with Crippen LogP contribution in [0.3, 0.4) is 0 Å². The van der Waals surface area contributed by atoms with Gasteiger partial charge in [0, 0.05) is 11.8 Å². The van der Waals surface area contributed by atoms with E-state index in [0.717, 1.165) is 16.7 Å². The number of nitrogens with one attached hydrogen (secondary N) is 1. The van der Waals surface area contributed by atoms with Gasteiger partial charge >= 0.3 is 0 Å². The van der Waals surface area contributed by atoms with E-state index in [9.17, 15) is 4.79 Å². The number of nitrogens with zero attached hydrogens (tertiary/aromatic N) is 1. The van der Waals surface area contributed by atoms with Gasteiger partial charge < -0.3 is 0 Å². The fraction of sp³-hybridized carbons (Fsp3) is 0. The van der Waals surface area contributed by atoms with Gasteiger partial charge in [0.2, 0.25) is 0 Å². The third kappa shape index (κ3) is 4.75. The van der Waals surface area contributed by atoms with E-state index < -0.39 is 0 Å². The summed E-state index contributed by atoms with van der Waals surface area (Å²) >= 11 is 0. The molecule has 3 rings (SSSR count). The topological polar surface area (TPSA) is 41.5 Å². The van der Waals surface area contributed by atoms with E-state index in [0.29, 0.717) is 5.56 Å². The number of carbonyl (C=O) groups excluding carboxylic acids is 1. The Balaban J connectivity index is 1.56. The third-order valence-electron chi connectivity index (χ3n) is 3.67. The zero-order valence-electron chi connectivity index (χ0n) is 13.7. The van der Waals surface area contributed by atoms with Crippen molar-refractivity contribution in [2.24, 2.45) is 5.10 Å².